The summed E-state index contributed by atoms with van der Waals surface area (Å²) in [6.07, 6.45) is 3.34. The number of hydrogen-bond acceptors (Lipinski definition) is 3. The number of benzene rings is 1. The zero-order chi connectivity index (χ0) is 13.7. The Bertz CT molecular complexity index is 399. The molecule has 2 unspecified atom stereocenters. The zero-order valence-corrected chi connectivity index (χ0v) is 12.2. The van der Waals surface area contributed by atoms with Crippen LogP contribution in [0, 0.1) is 0 Å². The molecule has 3 nitrogen and oxygen atoms in total. The summed E-state index contributed by atoms with van der Waals surface area (Å²) >= 11 is 0. The van der Waals surface area contributed by atoms with E-state index < -0.39 is 0 Å². The molecule has 1 fully saturated rings. The van der Waals surface area contributed by atoms with E-state index >= 15 is 0 Å². The molecule has 1 aliphatic heterocycles. The normalized spacial score (nSPS) is 24.4. The third-order valence-electron chi connectivity index (χ3n) is 3.91. The minimum absolute atomic E-state index is 0.135. The van der Waals surface area contributed by atoms with Gasteiger partial charge < -0.3 is 14.8 Å². The fraction of sp³-hybridized carbons (Fsp3) is 0.625. The highest BCUT2D eigenvalue weighted by molar-refractivity contribution is 5.37. The van der Waals surface area contributed by atoms with Gasteiger partial charge in [-0.25, -0.2) is 0 Å². The van der Waals surface area contributed by atoms with Crippen LogP contribution in [-0.4, -0.2) is 25.9 Å². The van der Waals surface area contributed by atoms with Gasteiger partial charge in [0.15, 0.2) is 0 Å². The Morgan fingerprint density at radius 2 is 2.21 bits per heavy atom. The van der Waals surface area contributed by atoms with E-state index in [-0.39, 0.29) is 11.6 Å². The van der Waals surface area contributed by atoms with Crippen molar-refractivity contribution in [2.24, 2.45) is 0 Å². The third kappa shape index (κ3) is 3.10. The predicted octanol–water partition coefficient (Wildman–Crippen LogP) is 3.31. The number of rotatable bonds is 6. The van der Waals surface area contributed by atoms with Gasteiger partial charge >= 0.3 is 0 Å². The molecule has 0 aliphatic carbocycles. The lowest BCUT2D eigenvalue weighted by molar-refractivity contribution is -0.0130. The van der Waals surface area contributed by atoms with Gasteiger partial charge in [-0.3, -0.25) is 0 Å². The maximum Gasteiger partial charge on any atom is 0.123 e. The number of hydrogen-bond donors (Lipinski definition) is 1. The monoisotopic (exact) mass is 263 g/mol. The number of ether oxygens (including phenoxy) is 2. The topological polar surface area (TPSA) is 30.5 Å². The zero-order valence-electron chi connectivity index (χ0n) is 12.2. The molecule has 0 aromatic heterocycles. The summed E-state index contributed by atoms with van der Waals surface area (Å²) in [6.45, 7) is 6.24. The van der Waals surface area contributed by atoms with Crippen molar-refractivity contribution in [2.45, 2.75) is 44.8 Å². The highest BCUT2D eigenvalue weighted by Gasteiger charge is 2.40. The van der Waals surface area contributed by atoms with Crippen molar-refractivity contribution in [1.29, 1.82) is 0 Å². The first kappa shape index (κ1) is 14.4. The molecule has 1 aromatic rings. The average molecular weight is 263 g/mol. The second-order valence-electron chi connectivity index (χ2n) is 5.39. The molecule has 0 saturated carbocycles. The quantitative estimate of drug-likeness (QED) is 0.854. The van der Waals surface area contributed by atoms with E-state index in [1.165, 1.54) is 5.56 Å². The van der Waals surface area contributed by atoms with Crippen LogP contribution in [0.3, 0.4) is 0 Å². The molecular weight excluding hydrogens is 238 g/mol. The maximum absolute atomic E-state index is 6.04. The molecule has 1 aromatic carbocycles. The highest BCUT2D eigenvalue weighted by Crippen LogP contribution is 2.40. The number of para-hydroxylation sites is 1. The molecular formula is C16H25NO2. The molecule has 1 heterocycles. The Hall–Kier alpha value is -1.06. The van der Waals surface area contributed by atoms with Gasteiger partial charge in [-0.1, -0.05) is 25.1 Å². The first-order chi connectivity index (χ1) is 9.21. The maximum atomic E-state index is 6.04. The molecule has 106 valence electrons. The van der Waals surface area contributed by atoms with Crippen LogP contribution in [0.2, 0.25) is 0 Å². The second-order valence-corrected chi connectivity index (χ2v) is 5.39. The second kappa shape index (κ2) is 6.40. The van der Waals surface area contributed by atoms with Crippen LogP contribution in [0.4, 0.5) is 0 Å². The summed E-state index contributed by atoms with van der Waals surface area (Å²) in [6, 6.07) is 8.42. The molecule has 0 radical (unpaired) electrons. The highest BCUT2D eigenvalue weighted by atomic mass is 16.5. The fourth-order valence-corrected chi connectivity index (χ4v) is 2.88. The summed E-state index contributed by atoms with van der Waals surface area (Å²) in [5, 5.41) is 3.64. The molecule has 3 heteroatoms. The minimum Gasteiger partial charge on any atom is -0.496 e. The largest absolute Gasteiger partial charge is 0.496 e. The number of nitrogens with one attached hydrogen (secondary N) is 1. The molecule has 2 rings (SSSR count). The van der Waals surface area contributed by atoms with Gasteiger partial charge in [0.1, 0.15) is 5.75 Å². The molecule has 0 spiro atoms. The van der Waals surface area contributed by atoms with Crippen molar-refractivity contribution < 1.29 is 9.47 Å². The molecule has 1 N–H and O–H groups in total. The van der Waals surface area contributed by atoms with Crippen LogP contribution in [-0.2, 0) is 4.74 Å². The van der Waals surface area contributed by atoms with Gasteiger partial charge in [0.05, 0.1) is 18.8 Å². The van der Waals surface area contributed by atoms with E-state index in [1.807, 2.05) is 12.1 Å². The summed E-state index contributed by atoms with van der Waals surface area (Å²) in [5.41, 5.74) is 1.06. The van der Waals surface area contributed by atoms with Crippen LogP contribution in [0.15, 0.2) is 24.3 Å². The van der Waals surface area contributed by atoms with Crippen LogP contribution in [0.25, 0.3) is 0 Å². The van der Waals surface area contributed by atoms with Crippen LogP contribution in [0.1, 0.15) is 44.7 Å². The smallest absolute Gasteiger partial charge is 0.123 e. The van der Waals surface area contributed by atoms with E-state index in [2.05, 4.69) is 31.3 Å². The first-order valence-electron chi connectivity index (χ1n) is 7.21. The van der Waals surface area contributed by atoms with Crippen LogP contribution >= 0.6 is 0 Å². The van der Waals surface area contributed by atoms with Crippen molar-refractivity contribution in [2.75, 3.05) is 20.3 Å². The lowest BCUT2D eigenvalue weighted by atomic mass is 9.87. The first-order valence-corrected chi connectivity index (χ1v) is 7.21. The Morgan fingerprint density at radius 1 is 1.42 bits per heavy atom. The Balaban J connectivity index is 2.31. The third-order valence-corrected chi connectivity index (χ3v) is 3.91. The summed E-state index contributed by atoms with van der Waals surface area (Å²) < 4.78 is 11.6. The molecule has 0 bridgehead atoms. The van der Waals surface area contributed by atoms with Gasteiger partial charge in [0.2, 0.25) is 0 Å². The van der Waals surface area contributed by atoms with Gasteiger partial charge in [-0.05, 0) is 38.8 Å². The van der Waals surface area contributed by atoms with E-state index in [9.17, 15) is 0 Å². The molecule has 1 aliphatic rings. The Kier molecular flexibility index (Phi) is 4.83. The lowest BCUT2D eigenvalue weighted by Crippen LogP contribution is -2.41. The van der Waals surface area contributed by atoms with Gasteiger partial charge in [-0.15, -0.1) is 0 Å². The van der Waals surface area contributed by atoms with E-state index in [0.717, 1.165) is 38.2 Å². The minimum atomic E-state index is -0.135. The van der Waals surface area contributed by atoms with Crippen molar-refractivity contribution in [3.8, 4) is 5.75 Å². The van der Waals surface area contributed by atoms with Gasteiger partial charge in [0.25, 0.3) is 0 Å². The summed E-state index contributed by atoms with van der Waals surface area (Å²) in [5.74, 6) is 0.938. The van der Waals surface area contributed by atoms with Crippen molar-refractivity contribution in [3.63, 3.8) is 0 Å². The lowest BCUT2D eigenvalue weighted by Gasteiger charge is -2.35. The van der Waals surface area contributed by atoms with E-state index in [0.29, 0.717) is 0 Å². The summed E-state index contributed by atoms with van der Waals surface area (Å²) in [7, 11) is 1.73. The number of methoxy groups -OCH3 is 1. The van der Waals surface area contributed by atoms with Gasteiger partial charge in [-0.2, -0.15) is 0 Å². The van der Waals surface area contributed by atoms with Crippen molar-refractivity contribution in [3.05, 3.63) is 29.8 Å². The molecule has 1 saturated heterocycles. The van der Waals surface area contributed by atoms with E-state index in [1.54, 1.807) is 7.11 Å². The molecule has 2 atom stereocenters. The van der Waals surface area contributed by atoms with Crippen molar-refractivity contribution >= 4 is 0 Å². The van der Waals surface area contributed by atoms with E-state index in [4.69, 9.17) is 9.47 Å². The van der Waals surface area contributed by atoms with Gasteiger partial charge in [0, 0.05) is 12.2 Å². The molecule has 19 heavy (non-hydrogen) atoms. The summed E-state index contributed by atoms with van der Waals surface area (Å²) in [4.78, 5) is 0. The van der Waals surface area contributed by atoms with Crippen LogP contribution in [0.5, 0.6) is 5.75 Å². The fourth-order valence-electron chi connectivity index (χ4n) is 2.88. The van der Waals surface area contributed by atoms with Crippen molar-refractivity contribution in [1.82, 2.24) is 5.32 Å². The average Bonchev–Trinajstić information content (AvgIpc) is 2.87. The SMILES string of the molecule is CCCNC(c1ccccc1OC)C1(C)CCCO1. The Labute approximate surface area is 116 Å². The Morgan fingerprint density at radius 3 is 2.84 bits per heavy atom. The van der Waals surface area contributed by atoms with Crippen LogP contribution < -0.4 is 10.1 Å². The molecule has 0 amide bonds. The standard InChI is InChI=1S/C16H25NO2/c1-4-11-17-15(16(2)10-7-12-19-16)13-8-5-6-9-14(13)18-3/h5-6,8-9,15,17H,4,7,10-12H2,1-3H3. The predicted molar refractivity (Wildman–Crippen MR) is 77.6 cm³/mol.